The molecule has 0 aromatic heterocycles. The van der Waals surface area contributed by atoms with E-state index in [4.69, 9.17) is 11.6 Å². The number of halogens is 6. The molecule has 0 fully saturated rings. The summed E-state index contributed by atoms with van der Waals surface area (Å²) in [5.41, 5.74) is 0.989. The zero-order valence-corrected chi connectivity index (χ0v) is 21.6. The van der Waals surface area contributed by atoms with Crippen molar-refractivity contribution in [2.45, 2.75) is 50.1 Å². The minimum Gasteiger partial charge on any atom is -0.256 e. The van der Waals surface area contributed by atoms with Crippen molar-refractivity contribution in [3.63, 3.8) is 0 Å². The number of sulfonamides is 1. The van der Waals surface area contributed by atoms with Crippen LogP contribution >= 0.6 is 11.6 Å². The Hall–Kier alpha value is -2.50. The van der Waals surface area contributed by atoms with Crippen LogP contribution in [0.25, 0.3) is 5.57 Å². The van der Waals surface area contributed by atoms with Crippen LogP contribution in [0.5, 0.6) is 0 Å². The van der Waals surface area contributed by atoms with Gasteiger partial charge in [0.15, 0.2) is 0 Å². The summed E-state index contributed by atoms with van der Waals surface area (Å²) in [7, 11) is -3.41. The average molecular weight is 562 g/mol. The number of alkyl halides is 5. The van der Waals surface area contributed by atoms with E-state index in [-0.39, 0.29) is 23.8 Å². The van der Waals surface area contributed by atoms with E-state index in [9.17, 15) is 30.4 Å². The Kier molecular flexibility index (Phi) is 7.44. The monoisotopic (exact) mass is 561 g/mol. The van der Waals surface area contributed by atoms with E-state index in [1.807, 2.05) is 0 Å². The van der Waals surface area contributed by atoms with Crippen molar-refractivity contribution < 1.29 is 30.4 Å². The summed E-state index contributed by atoms with van der Waals surface area (Å²) in [5, 5.41) is 4.44. The highest BCUT2D eigenvalue weighted by molar-refractivity contribution is 7.89. The number of hydrogen-bond donors (Lipinski definition) is 0. The van der Waals surface area contributed by atoms with Gasteiger partial charge in [0.05, 0.1) is 22.0 Å². The van der Waals surface area contributed by atoms with Gasteiger partial charge >= 0.3 is 12.1 Å². The fourth-order valence-corrected chi connectivity index (χ4v) is 5.82. The Bertz CT molecular complexity index is 1340. The van der Waals surface area contributed by atoms with E-state index in [0.29, 0.717) is 12.0 Å². The molecule has 2 aromatic rings. The molecule has 0 saturated heterocycles. The summed E-state index contributed by atoms with van der Waals surface area (Å²) in [4.78, 5) is 0. The third-order valence-electron chi connectivity index (χ3n) is 6.50. The van der Waals surface area contributed by atoms with Crippen LogP contribution in [0.1, 0.15) is 43.9 Å². The van der Waals surface area contributed by atoms with E-state index in [1.165, 1.54) is 16.4 Å². The van der Waals surface area contributed by atoms with Crippen LogP contribution in [0.2, 0.25) is 5.02 Å². The van der Waals surface area contributed by atoms with Gasteiger partial charge in [-0.2, -0.15) is 31.4 Å². The molecule has 5 nitrogen and oxygen atoms in total. The second kappa shape index (κ2) is 9.99. The lowest BCUT2D eigenvalue weighted by atomic mass is 9.93. The van der Waals surface area contributed by atoms with E-state index in [0.717, 1.165) is 16.1 Å². The largest absolute Gasteiger partial charge is 0.459 e. The SMILES string of the molecule is CC(C)S(=O)(=O)N1CC=C(c2cccc(C3CC(C(F)(F)C(F)(F)F)=NN3c3ccccc3Cl)c2)CC1. The number of benzene rings is 2. The molecule has 2 aromatic carbocycles. The lowest BCUT2D eigenvalue weighted by Crippen LogP contribution is -2.43. The van der Waals surface area contributed by atoms with Gasteiger partial charge in [0.2, 0.25) is 10.0 Å². The first-order valence-electron chi connectivity index (χ1n) is 11.6. The van der Waals surface area contributed by atoms with Crippen LogP contribution in [0, 0.1) is 0 Å². The van der Waals surface area contributed by atoms with Crippen molar-refractivity contribution in [1.29, 1.82) is 0 Å². The molecule has 2 aliphatic rings. The number of hydrazone groups is 1. The van der Waals surface area contributed by atoms with Gasteiger partial charge in [-0.25, -0.2) is 8.42 Å². The van der Waals surface area contributed by atoms with Crippen molar-refractivity contribution in [3.8, 4) is 0 Å². The molecule has 0 aliphatic carbocycles. The average Bonchev–Trinajstić information content (AvgIpc) is 3.30. The standard InChI is InChI=1S/C25H25ClF5N3O2S/c1-16(2)37(35,36)33-12-10-17(11-13-33)18-6-5-7-19(14-18)22-15-23(24(27,28)25(29,30)31)32-34(22)21-9-4-3-8-20(21)26/h3-10,14,16,22H,11-13,15H2,1-2H3. The van der Waals surface area contributed by atoms with Crippen LogP contribution in [-0.4, -0.2) is 48.9 Å². The Morgan fingerprint density at radius 3 is 2.35 bits per heavy atom. The molecule has 12 heteroatoms. The summed E-state index contributed by atoms with van der Waals surface area (Å²) in [6.07, 6.45) is -4.21. The second-order valence-corrected chi connectivity index (χ2v) is 12.1. The zero-order chi connectivity index (χ0) is 27.2. The third kappa shape index (κ3) is 5.26. The van der Waals surface area contributed by atoms with Gasteiger partial charge in [-0.15, -0.1) is 0 Å². The molecular formula is C25H25ClF5N3O2S. The quantitative estimate of drug-likeness (QED) is 0.370. The first-order chi connectivity index (χ1) is 17.2. The number of anilines is 1. The molecule has 2 aliphatic heterocycles. The molecule has 4 rings (SSSR count). The van der Waals surface area contributed by atoms with Crippen molar-refractivity contribution in [2.75, 3.05) is 18.1 Å². The maximum Gasteiger partial charge on any atom is 0.459 e. The predicted octanol–water partition coefficient (Wildman–Crippen LogP) is 6.67. The van der Waals surface area contributed by atoms with Gasteiger partial charge in [0.1, 0.15) is 5.71 Å². The van der Waals surface area contributed by atoms with Crippen molar-refractivity contribution in [3.05, 3.63) is 70.8 Å². The van der Waals surface area contributed by atoms with Crippen molar-refractivity contribution >= 4 is 38.6 Å². The highest BCUT2D eigenvalue weighted by atomic mass is 35.5. The summed E-state index contributed by atoms with van der Waals surface area (Å²) >= 11 is 6.25. The van der Waals surface area contributed by atoms with Gasteiger partial charge in [-0.3, -0.25) is 5.01 Å². The van der Waals surface area contributed by atoms with Gasteiger partial charge in [0, 0.05) is 19.5 Å². The molecule has 0 saturated carbocycles. The molecule has 1 unspecified atom stereocenters. The van der Waals surface area contributed by atoms with E-state index in [2.05, 4.69) is 5.10 Å². The normalized spacial score (nSPS) is 19.8. The molecule has 0 N–H and O–H groups in total. The number of rotatable bonds is 6. The highest BCUT2D eigenvalue weighted by Gasteiger charge is 2.62. The van der Waals surface area contributed by atoms with Gasteiger partial charge in [0.25, 0.3) is 0 Å². The molecule has 37 heavy (non-hydrogen) atoms. The van der Waals surface area contributed by atoms with Crippen molar-refractivity contribution in [1.82, 2.24) is 4.31 Å². The van der Waals surface area contributed by atoms with Gasteiger partial charge in [-0.05, 0) is 55.2 Å². The lowest BCUT2D eigenvalue weighted by Gasteiger charge is -2.28. The fraction of sp³-hybridized carbons (Fsp3) is 0.400. The number of nitrogens with zero attached hydrogens (tertiary/aromatic N) is 3. The Morgan fingerprint density at radius 2 is 1.76 bits per heavy atom. The van der Waals surface area contributed by atoms with Crippen LogP contribution in [0.3, 0.4) is 0 Å². The molecule has 0 bridgehead atoms. The second-order valence-electron chi connectivity index (χ2n) is 9.19. The van der Waals surface area contributed by atoms with Crippen LogP contribution in [-0.2, 0) is 10.0 Å². The van der Waals surface area contributed by atoms with Crippen LogP contribution in [0.15, 0.2) is 59.7 Å². The molecule has 0 amide bonds. The van der Waals surface area contributed by atoms with Gasteiger partial charge < -0.3 is 0 Å². The molecule has 2 heterocycles. The third-order valence-corrected chi connectivity index (χ3v) is 9.06. The van der Waals surface area contributed by atoms with Crippen LogP contribution < -0.4 is 5.01 Å². The lowest BCUT2D eigenvalue weighted by molar-refractivity contribution is -0.249. The van der Waals surface area contributed by atoms with E-state index >= 15 is 0 Å². The molecule has 0 radical (unpaired) electrons. The Morgan fingerprint density at radius 1 is 1.05 bits per heavy atom. The predicted molar refractivity (Wildman–Crippen MR) is 134 cm³/mol. The van der Waals surface area contributed by atoms with Gasteiger partial charge in [-0.1, -0.05) is 48.0 Å². The number of para-hydroxylation sites is 1. The topological polar surface area (TPSA) is 53.0 Å². The Balaban J connectivity index is 1.68. The summed E-state index contributed by atoms with van der Waals surface area (Å²) < 4.78 is 94.4. The first-order valence-corrected chi connectivity index (χ1v) is 13.5. The summed E-state index contributed by atoms with van der Waals surface area (Å²) in [6, 6.07) is 12.1. The minimum absolute atomic E-state index is 0.158. The van der Waals surface area contributed by atoms with Crippen molar-refractivity contribution in [2.24, 2.45) is 5.10 Å². The van der Waals surface area contributed by atoms with Crippen LogP contribution in [0.4, 0.5) is 27.6 Å². The zero-order valence-electron chi connectivity index (χ0n) is 20.0. The number of hydrogen-bond acceptors (Lipinski definition) is 4. The Labute approximate surface area is 217 Å². The molecular weight excluding hydrogens is 537 g/mol. The maximum atomic E-state index is 14.3. The minimum atomic E-state index is -5.79. The fourth-order valence-electron chi connectivity index (χ4n) is 4.37. The van der Waals surface area contributed by atoms with E-state index in [1.54, 1.807) is 56.3 Å². The smallest absolute Gasteiger partial charge is 0.256 e. The highest BCUT2D eigenvalue weighted by Crippen LogP contribution is 2.46. The summed E-state index contributed by atoms with van der Waals surface area (Å²) in [5.74, 6) is -5.10. The summed E-state index contributed by atoms with van der Waals surface area (Å²) in [6.45, 7) is 3.71. The molecule has 200 valence electrons. The molecule has 1 atom stereocenters. The maximum absolute atomic E-state index is 14.3. The first kappa shape index (κ1) is 27.5. The molecule has 0 spiro atoms. The van der Waals surface area contributed by atoms with E-state index < -0.39 is 45.5 Å².